The molecule has 2 aliphatic carbocycles. The number of allylic oxidation sites excluding steroid dienone is 4. The van der Waals surface area contributed by atoms with Crippen LogP contribution < -0.4 is 0 Å². The number of methoxy groups -OCH3 is 5. The van der Waals surface area contributed by atoms with Gasteiger partial charge in [0.25, 0.3) is 0 Å². The van der Waals surface area contributed by atoms with Crippen molar-refractivity contribution in [2.75, 3.05) is 63.2 Å². The molecule has 4 N–H and O–H groups in total. The van der Waals surface area contributed by atoms with Crippen molar-refractivity contribution < 1.29 is 92.1 Å². The fourth-order valence-corrected chi connectivity index (χ4v) is 4.77. The quantitative estimate of drug-likeness (QED) is 0.0549. The SMILES string of the molecule is C/C=C(\C)C(=O)OC.C=C(C)C(=O)OC.CC(=O)C(=O)O.CC(C)=CC(=O)O.CC(C)=O.CCl.CN(C1CCCCC1)C1CCCCC1.CO.CO.COC(=O)C(C)=C(C)C.COC(=O)C(C)=O.COC(=O)C=C(C)C. The monoisotopic (exact) mass is 1110 g/mol. The third-order valence-electron chi connectivity index (χ3n) is 8.81. The largest absolute Gasteiger partial charge is 0.478 e. The average Bonchev–Trinajstić information content (AvgIpc) is 3.39. The first kappa shape index (κ1) is 92.7. The van der Waals surface area contributed by atoms with Gasteiger partial charge in [-0.05, 0) is 116 Å². The summed E-state index contributed by atoms with van der Waals surface area (Å²) in [6.07, 6.45) is 20.5. The third kappa shape index (κ3) is 79.6. The number of ketones is 3. The fraction of sp³-hybridized carbons (Fsp3) is 0.636. The van der Waals surface area contributed by atoms with Crippen molar-refractivity contribution in [1.29, 1.82) is 0 Å². The van der Waals surface area contributed by atoms with Crippen molar-refractivity contribution in [2.24, 2.45) is 0 Å². The van der Waals surface area contributed by atoms with Crippen LogP contribution in [0.5, 0.6) is 0 Å². The molecule has 0 aromatic carbocycles. The van der Waals surface area contributed by atoms with Crippen LogP contribution in [0.4, 0.5) is 0 Å². The van der Waals surface area contributed by atoms with Crippen LogP contribution in [-0.2, 0) is 71.6 Å². The standard InChI is InChI=1S/C13H25N.C7H12O2.2C6H10O2.2C5H8O2.C4H6O3.C3H4O3.C3H6O.CH3Cl.2CH4O/c1-14(12-8-4-2-5-9-12)13-10-6-3-7-11-13;1-5(2)6(3)7(8)9-4;1-5(2)4-6(7)8-3;1-4-5(2)6(7)8-3;1-4(2)5(6)7-3;1-4(2)3-5(6)7;1-3(5)4(6)7-2;1-2(4)3(5)6;1-3(2)4;3*1-2/h12-13H,2-11H2,1H3;1-4H3;2*4H,1-3H3;1H2,2-3H3;3H,1-2H3,(H,6,7);1-2H3;1H3,(H,5,6);1-2H3;1H3;2*2H,1H3/b;;;5-4+;;;;;;;;. The Kier molecular flexibility index (Phi) is 82.0. The first-order chi connectivity index (χ1) is 35.2. The molecular formula is C55H100ClNO19. The lowest BCUT2D eigenvalue weighted by atomic mass is 9.89. The van der Waals surface area contributed by atoms with Gasteiger partial charge in [-0.15, -0.1) is 11.6 Å². The van der Waals surface area contributed by atoms with Gasteiger partial charge in [0.1, 0.15) is 5.78 Å². The van der Waals surface area contributed by atoms with Gasteiger partial charge < -0.3 is 53.8 Å². The molecule has 0 spiro atoms. The molecule has 2 aliphatic rings. The Morgan fingerprint density at radius 1 is 0.500 bits per heavy atom. The lowest BCUT2D eigenvalue weighted by Crippen LogP contribution is -2.42. The summed E-state index contributed by atoms with van der Waals surface area (Å²) in [7, 11) is 11.0. The average molecular weight is 1110 g/mol. The van der Waals surface area contributed by atoms with Gasteiger partial charge in [-0.25, -0.2) is 33.6 Å². The Morgan fingerprint density at radius 2 is 0.803 bits per heavy atom. The molecule has 20 nitrogen and oxygen atoms in total. The minimum atomic E-state index is -1.38. The zero-order chi connectivity index (χ0) is 62.7. The van der Waals surface area contributed by atoms with Crippen molar-refractivity contribution in [1.82, 2.24) is 4.90 Å². The van der Waals surface area contributed by atoms with Crippen molar-refractivity contribution in [2.45, 2.75) is 173 Å². The van der Waals surface area contributed by atoms with Crippen LogP contribution in [0.3, 0.4) is 0 Å². The molecule has 0 radical (unpaired) electrons. The third-order valence-corrected chi connectivity index (χ3v) is 8.81. The summed E-state index contributed by atoms with van der Waals surface area (Å²) < 4.78 is 21.5. The van der Waals surface area contributed by atoms with E-state index >= 15 is 0 Å². The Hall–Kier alpha value is -5.83. The van der Waals surface area contributed by atoms with Crippen LogP contribution >= 0.6 is 11.6 Å². The van der Waals surface area contributed by atoms with E-state index in [0.717, 1.165) is 56.9 Å². The minimum absolute atomic E-state index is 0.167. The van der Waals surface area contributed by atoms with Crippen LogP contribution in [0.2, 0.25) is 0 Å². The summed E-state index contributed by atoms with van der Waals surface area (Å²) >= 11 is 4.64. The summed E-state index contributed by atoms with van der Waals surface area (Å²) in [5, 5.41) is 29.6. The number of carboxylic acid groups (broad SMARTS) is 2. The smallest absolute Gasteiger partial charge is 0.374 e. The number of aliphatic hydroxyl groups is 2. The number of carboxylic acids is 2. The van der Waals surface area contributed by atoms with Gasteiger partial charge in [0.15, 0.2) is 0 Å². The maximum absolute atomic E-state index is 10.7. The van der Waals surface area contributed by atoms with Crippen LogP contribution in [-0.4, -0.2) is 160 Å². The predicted octanol–water partition coefficient (Wildman–Crippen LogP) is 9.20. The predicted molar refractivity (Wildman–Crippen MR) is 300 cm³/mol. The summed E-state index contributed by atoms with van der Waals surface area (Å²) in [5.74, 6) is -5.40. The van der Waals surface area contributed by atoms with E-state index in [1.807, 2.05) is 27.7 Å². The van der Waals surface area contributed by atoms with E-state index in [1.165, 1.54) is 132 Å². The molecule has 0 bridgehead atoms. The molecule has 76 heavy (non-hydrogen) atoms. The second-order valence-corrected chi connectivity index (χ2v) is 16.2. The zero-order valence-electron chi connectivity index (χ0n) is 50.4. The van der Waals surface area contributed by atoms with Gasteiger partial charge in [0.05, 0.1) is 35.5 Å². The summed E-state index contributed by atoms with van der Waals surface area (Å²) in [6, 6.07) is 1.85. The highest BCUT2D eigenvalue weighted by molar-refractivity contribution is 6.32. The molecule has 0 amide bonds. The maximum Gasteiger partial charge on any atom is 0.374 e. The highest BCUT2D eigenvalue weighted by atomic mass is 35.5. The minimum Gasteiger partial charge on any atom is -0.478 e. The van der Waals surface area contributed by atoms with E-state index in [1.54, 1.807) is 47.6 Å². The molecule has 0 aromatic heterocycles. The number of carbonyl (C=O) groups excluding carboxylic acids is 8. The normalized spacial score (nSPS) is 11.3. The second kappa shape index (κ2) is 67.2. The number of nitrogens with zero attached hydrogens (tertiary/aromatic N) is 1. The molecule has 0 heterocycles. The number of hydrogen-bond donors (Lipinski definition) is 4. The van der Waals surface area contributed by atoms with Gasteiger partial charge in [-0.2, -0.15) is 0 Å². The van der Waals surface area contributed by atoms with Gasteiger partial charge in [0.2, 0.25) is 11.6 Å². The van der Waals surface area contributed by atoms with Gasteiger partial charge >= 0.3 is 41.8 Å². The number of aliphatic carboxylic acids is 2. The zero-order valence-corrected chi connectivity index (χ0v) is 51.2. The van der Waals surface area contributed by atoms with E-state index in [4.69, 9.17) is 20.4 Å². The fourth-order valence-electron chi connectivity index (χ4n) is 4.77. The molecular weight excluding hydrogens is 1010 g/mol. The number of halogens is 1. The number of carbonyl (C=O) groups is 10. The van der Waals surface area contributed by atoms with Crippen molar-refractivity contribution in [3.8, 4) is 0 Å². The molecule has 0 aliphatic heterocycles. The van der Waals surface area contributed by atoms with Crippen LogP contribution in [0.25, 0.3) is 0 Å². The highest BCUT2D eigenvalue weighted by Gasteiger charge is 2.25. The number of aliphatic hydroxyl groups excluding tert-OH is 2. The molecule has 0 aromatic rings. The molecule has 21 heteroatoms. The summed E-state index contributed by atoms with van der Waals surface area (Å²) in [4.78, 5) is 102. The number of alkyl halides is 1. The van der Waals surface area contributed by atoms with Crippen molar-refractivity contribution >= 4 is 70.7 Å². The maximum atomic E-state index is 10.7. The number of Topliss-reactive ketones (excluding diaryl/α,β-unsaturated/α-hetero) is 3. The van der Waals surface area contributed by atoms with E-state index in [2.05, 4.69) is 53.8 Å². The van der Waals surface area contributed by atoms with Crippen molar-refractivity contribution in [3.63, 3.8) is 0 Å². The topological polar surface area (TPSA) is 301 Å². The van der Waals surface area contributed by atoms with Crippen LogP contribution in [0, 0.1) is 0 Å². The lowest BCUT2D eigenvalue weighted by Gasteiger charge is -2.39. The molecule has 0 unspecified atom stereocenters. The first-order valence-corrected chi connectivity index (χ1v) is 24.5. The molecule has 0 atom stereocenters. The Bertz CT molecular complexity index is 1660. The van der Waals surface area contributed by atoms with E-state index in [9.17, 15) is 47.9 Å². The lowest BCUT2D eigenvalue weighted by molar-refractivity contribution is -0.150. The summed E-state index contributed by atoms with van der Waals surface area (Å²) in [5.41, 5.74) is 4.54. The van der Waals surface area contributed by atoms with E-state index in [0.29, 0.717) is 16.7 Å². The Morgan fingerprint density at radius 3 is 0.908 bits per heavy atom. The van der Waals surface area contributed by atoms with E-state index < -0.39 is 29.5 Å². The van der Waals surface area contributed by atoms with Gasteiger partial charge in [-0.1, -0.05) is 67.9 Å². The Balaban J connectivity index is -0.0000000810. The van der Waals surface area contributed by atoms with Crippen LogP contribution in [0.15, 0.2) is 58.2 Å². The number of rotatable bonds is 9. The van der Waals surface area contributed by atoms with Crippen LogP contribution in [0.1, 0.15) is 161 Å². The molecule has 2 rings (SSSR count). The molecule has 0 saturated heterocycles. The number of esters is 5. The van der Waals surface area contributed by atoms with Gasteiger partial charge in [-0.3, -0.25) is 9.59 Å². The molecule has 446 valence electrons. The second-order valence-electron chi connectivity index (χ2n) is 16.2. The Labute approximate surface area is 460 Å². The molecule has 2 fully saturated rings. The number of ether oxygens (including phenoxy) is 5. The summed E-state index contributed by atoms with van der Waals surface area (Å²) in [6.45, 7) is 26.4. The van der Waals surface area contributed by atoms with Crippen molar-refractivity contribution in [3.05, 3.63) is 58.2 Å². The highest BCUT2D eigenvalue weighted by Crippen LogP contribution is 2.28. The van der Waals surface area contributed by atoms with E-state index in [-0.39, 0.29) is 29.7 Å². The van der Waals surface area contributed by atoms with Gasteiger partial charge in [0, 0.05) is 75.4 Å². The first-order valence-electron chi connectivity index (χ1n) is 23.8. The molecule has 2 saturated carbocycles. The number of hydrogen-bond acceptors (Lipinski definition) is 18.